The number of likely N-dealkylation sites (tertiary alicyclic amines) is 1. The molecule has 0 bridgehead atoms. The lowest BCUT2D eigenvalue weighted by Crippen LogP contribution is -2.25. The number of nitrogens with one attached hydrogen (secondary N) is 2. The van der Waals surface area contributed by atoms with Gasteiger partial charge in [-0.05, 0) is 38.6 Å². The molecule has 1 aromatic rings. The maximum absolute atomic E-state index is 13.8. The summed E-state index contributed by atoms with van der Waals surface area (Å²) >= 11 is 0. The molecule has 1 saturated heterocycles. The first-order valence-corrected chi connectivity index (χ1v) is 6.49. The molecule has 1 amide bonds. The minimum atomic E-state index is -0.295. The summed E-state index contributed by atoms with van der Waals surface area (Å²) in [5, 5.41) is 5.87. The van der Waals surface area contributed by atoms with Gasteiger partial charge >= 0.3 is 0 Å². The standard InChI is InChI=1S/C14H20FN3O/c1-9-6-12(8-18(9)3)17-14-7-11(16-10(2)19)4-5-13(14)15/h4-5,7,9,12,17H,6,8H2,1-3H3,(H,16,19). The van der Waals surface area contributed by atoms with Crippen LogP contribution in [0.4, 0.5) is 15.8 Å². The van der Waals surface area contributed by atoms with Crippen molar-refractivity contribution in [2.75, 3.05) is 24.2 Å². The van der Waals surface area contributed by atoms with Crippen molar-refractivity contribution in [3.05, 3.63) is 24.0 Å². The normalized spacial score (nSPS) is 23.4. The number of halogens is 1. The van der Waals surface area contributed by atoms with E-state index < -0.39 is 0 Å². The fourth-order valence-electron chi connectivity index (χ4n) is 2.44. The van der Waals surface area contributed by atoms with Crippen molar-refractivity contribution in [3.63, 3.8) is 0 Å². The van der Waals surface area contributed by atoms with Gasteiger partial charge < -0.3 is 15.5 Å². The molecule has 2 atom stereocenters. The zero-order valence-electron chi connectivity index (χ0n) is 11.5. The molecule has 0 spiro atoms. The van der Waals surface area contributed by atoms with Crippen LogP contribution in [0.5, 0.6) is 0 Å². The number of hydrogen-bond acceptors (Lipinski definition) is 3. The third kappa shape index (κ3) is 3.44. The first-order chi connectivity index (χ1) is 8.95. The molecule has 1 fully saturated rings. The molecule has 0 radical (unpaired) electrons. The topological polar surface area (TPSA) is 44.4 Å². The number of amides is 1. The molecule has 4 nitrogen and oxygen atoms in total. The summed E-state index contributed by atoms with van der Waals surface area (Å²) in [4.78, 5) is 13.3. The summed E-state index contributed by atoms with van der Waals surface area (Å²) < 4.78 is 13.8. The highest BCUT2D eigenvalue weighted by atomic mass is 19.1. The number of rotatable bonds is 3. The van der Waals surface area contributed by atoms with Gasteiger partial charge in [0.15, 0.2) is 0 Å². The van der Waals surface area contributed by atoms with Crippen molar-refractivity contribution in [3.8, 4) is 0 Å². The molecule has 5 heteroatoms. The van der Waals surface area contributed by atoms with Crippen LogP contribution in [-0.2, 0) is 4.79 Å². The van der Waals surface area contributed by atoms with Gasteiger partial charge in [-0.15, -0.1) is 0 Å². The van der Waals surface area contributed by atoms with E-state index in [1.165, 1.54) is 13.0 Å². The van der Waals surface area contributed by atoms with Crippen molar-refractivity contribution in [2.24, 2.45) is 0 Å². The van der Waals surface area contributed by atoms with Gasteiger partial charge in [0.1, 0.15) is 5.82 Å². The molecule has 1 aliphatic heterocycles. The molecule has 0 aromatic heterocycles. The van der Waals surface area contributed by atoms with E-state index in [0.717, 1.165) is 13.0 Å². The Morgan fingerprint density at radius 1 is 1.47 bits per heavy atom. The number of nitrogens with zero attached hydrogens (tertiary/aromatic N) is 1. The van der Waals surface area contributed by atoms with Gasteiger partial charge in [0.2, 0.25) is 5.91 Å². The Morgan fingerprint density at radius 2 is 2.21 bits per heavy atom. The maximum Gasteiger partial charge on any atom is 0.221 e. The molecule has 0 aliphatic carbocycles. The van der Waals surface area contributed by atoms with Crippen LogP contribution < -0.4 is 10.6 Å². The van der Waals surface area contributed by atoms with Crippen LogP contribution in [0.3, 0.4) is 0 Å². The van der Waals surface area contributed by atoms with Crippen molar-refractivity contribution in [2.45, 2.75) is 32.4 Å². The van der Waals surface area contributed by atoms with E-state index in [4.69, 9.17) is 0 Å². The summed E-state index contributed by atoms with van der Waals surface area (Å²) in [6.07, 6.45) is 0.986. The molecule has 0 saturated carbocycles. The minimum Gasteiger partial charge on any atom is -0.379 e. The van der Waals surface area contributed by atoms with Crippen LogP contribution in [0.1, 0.15) is 20.3 Å². The first-order valence-electron chi connectivity index (χ1n) is 6.49. The number of carbonyl (C=O) groups is 1. The van der Waals surface area contributed by atoms with Gasteiger partial charge in [0.05, 0.1) is 5.69 Å². The smallest absolute Gasteiger partial charge is 0.221 e. The summed E-state index contributed by atoms with van der Waals surface area (Å²) in [5.74, 6) is -0.455. The first kappa shape index (κ1) is 13.8. The number of anilines is 2. The SMILES string of the molecule is CC(=O)Nc1ccc(F)c(NC2CC(C)N(C)C2)c1. The number of benzene rings is 1. The van der Waals surface area contributed by atoms with Crippen LogP contribution >= 0.6 is 0 Å². The van der Waals surface area contributed by atoms with E-state index in [1.807, 2.05) is 0 Å². The summed E-state index contributed by atoms with van der Waals surface area (Å²) in [6, 6.07) is 5.31. The summed E-state index contributed by atoms with van der Waals surface area (Å²) in [5.41, 5.74) is 1.05. The van der Waals surface area contributed by atoms with E-state index in [2.05, 4.69) is 29.5 Å². The lowest BCUT2D eigenvalue weighted by molar-refractivity contribution is -0.114. The molecule has 1 heterocycles. The second kappa shape index (κ2) is 5.57. The van der Waals surface area contributed by atoms with E-state index in [9.17, 15) is 9.18 Å². The van der Waals surface area contributed by atoms with Crippen molar-refractivity contribution in [1.29, 1.82) is 0 Å². The lowest BCUT2D eigenvalue weighted by Gasteiger charge is -2.16. The largest absolute Gasteiger partial charge is 0.379 e. The van der Waals surface area contributed by atoms with Crippen molar-refractivity contribution < 1.29 is 9.18 Å². The van der Waals surface area contributed by atoms with Crippen LogP contribution in [0.15, 0.2) is 18.2 Å². The van der Waals surface area contributed by atoms with Crippen molar-refractivity contribution in [1.82, 2.24) is 4.90 Å². The average molecular weight is 265 g/mol. The Labute approximate surface area is 113 Å². The Bertz CT molecular complexity index is 468. The highest BCUT2D eigenvalue weighted by molar-refractivity contribution is 5.89. The second-order valence-electron chi connectivity index (χ2n) is 5.24. The second-order valence-corrected chi connectivity index (χ2v) is 5.24. The molecule has 104 valence electrons. The Kier molecular flexibility index (Phi) is 4.04. The van der Waals surface area contributed by atoms with E-state index >= 15 is 0 Å². The third-order valence-electron chi connectivity index (χ3n) is 3.53. The van der Waals surface area contributed by atoms with E-state index in [-0.39, 0.29) is 17.8 Å². The van der Waals surface area contributed by atoms with Gasteiger partial charge in [-0.3, -0.25) is 4.79 Å². The fraction of sp³-hybridized carbons (Fsp3) is 0.500. The Morgan fingerprint density at radius 3 is 2.79 bits per heavy atom. The van der Waals surface area contributed by atoms with E-state index in [0.29, 0.717) is 17.4 Å². The predicted molar refractivity (Wildman–Crippen MR) is 74.8 cm³/mol. The van der Waals surface area contributed by atoms with Gasteiger partial charge in [-0.1, -0.05) is 0 Å². The lowest BCUT2D eigenvalue weighted by atomic mass is 10.1. The molecule has 2 unspecified atom stereocenters. The predicted octanol–water partition coefficient (Wildman–Crippen LogP) is 2.29. The molecular weight excluding hydrogens is 245 g/mol. The highest BCUT2D eigenvalue weighted by Gasteiger charge is 2.26. The third-order valence-corrected chi connectivity index (χ3v) is 3.53. The van der Waals surface area contributed by atoms with Gasteiger partial charge in [-0.2, -0.15) is 0 Å². The number of likely N-dealkylation sites (N-methyl/N-ethyl adjacent to an activating group) is 1. The van der Waals surface area contributed by atoms with Crippen LogP contribution in [0, 0.1) is 5.82 Å². The molecule has 2 rings (SSSR count). The molecule has 19 heavy (non-hydrogen) atoms. The van der Waals surface area contributed by atoms with Gasteiger partial charge in [-0.25, -0.2) is 4.39 Å². The number of carbonyl (C=O) groups excluding carboxylic acids is 1. The molecule has 1 aliphatic rings. The quantitative estimate of drug-likeness (QED) is 0.881. The monoisotopic (exact) mass is 265 g/mol. The fourth-order valence-corrected chi connectivity index (χ4v) is 2.44. The molecular formula is C14H20FN3O. The highest BCUT2D eigenvalue weighted by Crippen LogP contribution is 2.24. The van der Waals surface area contributed by atoms with Crippen LogP contribution in [0.25, 0.3) is 0 Å². The van der Waals surface area contributed by atoms with Gasteiger partial charge in [0, 0.05) is 31.2 Å². The summed E-state index contributed by atoms with van der Waals surface area (Å²) in [6.45, 7) is 4.49. The van der Waals surface area contributed by atoms with E-state index in [1.54, 1.807) is 12.1 Å². The maximum atomic E-state index is 13.8. The Balaban J connectivity index is 2.09. The summed E-state index contributed by atoms with van der Waals surface area (Å²) in [7, 11) is 2.07. The molecule has 1 aromatic carbocycles. The van der Waals surface area contributed by atoms with Crippen LogP contribution in [0.2, 0.25) is 0 Å². The average Bonchev–Trinajstić information content (AvgIpc) is 2.62. The minimum absolute atomic E-state index is 0.160. The van der Waals surface area contributed by atoms with Crippen molar-refractivity contribution >= 4 is 17.3 Å². The van der Waals surface area contributed by atoms with Gasteiger partial charge in [0.25, 0.3) is 0 Å². The zero-order valence-corrected chi connectivity index (χ0v) is 11.5. The zero-order chi connectivity index (χ0) is 14.0. The molecule has 2 N–H and O–H groups in total. The Hall–Kier alpha value is -1.62. The number of hydrogen-bond donors (Lipinski definition) is 2. The van der Waals surface area contributed by atoms with Crippen LogP contribution in [-0.4, -0.2) is 36.5 Å².